The van der Waals surface area contributed by atoms with Crippen LogP contribution in [0, 0.1) is 18.6 Å². The van der Waals surface area contributed by atoms with E-state index in [9.17, 15) is 8.78 Å². The van der Waals surface area contributed by atoms with Crippen molar-refractivity contribution < 1.29 is 13.2 Å². The van der Waals surface area contributed by atoms with Gasteiger partial charge in [-0.1, -0.05) is 19.9 Å². The van der Waals surface area contributed by atoms with E-state index in [1.54, 1.807) is 0 Å². The monoisotopic (exact) mass is 383 g/mol. The smallest absolute Gasteiger partial charge is 0.181 e. The molecule has 28 heavy (non-hydrogen) atoms. The van der Waals surface area contributed by atoms with Crippen LogP contribution >= 0.6 is 0 Å². The third kappa shape index (κ3) is 2.74. The van der Waals surface area contributed by atoms with Gasteiger partial charge in [-0.2, -0.15) is 5.10 Å². The molecular weight excluding hydrogens is 360 g/mol. The Balaban J connectivity index is 1.93. The van der Waals surface area contributed by atoms with E-state index in [1.165, 1.54) is 24.6 Å². The summed E-state index contributed by atoms with van der Waals surface area (Å²) in [6, 6.07) is 5.65. The van der Waals surface area contributed by atoms with E-state index in [0.717, 1.165) is 48.4 Å². The maximum absolute atomic E-state index is 14.3. The Morgan fingerprint density at radius 2 is 1.93 bits per heavy atom. The summed E-state index contributed by atoms with van der Waals surface area (Å²) in [5, 5.41) is 8.77. The Labute approximate surface area is 163 Å². The zero-order chi connectivity index (χ0) is 19.9. The third-order valence-electron chi connectivity index (χ3n) is 6.13. The van der Waals surface area contributed by atoms with Crippen molar-refractivity contribution in [3.8, 4) is 11.3 Å². The van der Waals surface area contributed by atoms with Crippen LogP contribution in [0.4, 0.5) is 8.78 Å². The number of rotatable bonds is 4. The minimum Gasteiger partial charge on any atom is -0.447 e. The number of halogens is 2. The molecule has 2 heterocycles. The average molecular weight is 383 g/mol. The summed E-state index contributed by atoms with van der Waals surface area (Å²) in [5.74, 6) is -0.191. The fraction of sp³-hybridized carbons (Fsp3) is 0.409. The molecule has 1 aromatic carbocycles. The van der Waals surface area contributed by atoms with Gasteiger partial charge in [0.25, 0.3) is 0 Å². The molecule has 0 saturated carbocycles. The Hall–Kier alpha value is -2.63. The molecule has 2 atom stereocenters. The first-order valence-electron chi connectivity index (χ1n) is 9.74. The molecule has 0 amide bonds. The topological polar surface area (TPSA) is 51.8 Å². The quantitative estimate of drug-likeness (QED) is 0.580. The van der Waals surface area contributed by atoms with Crippen molar-refractivity contribution in [2.24, 2.45) is 0 Å². The number of aromatic nitrogens is 3. The summed E-state index contributed by atoms with van der Waals surface area (Å²) in [6.07, 6.45) is 5.00. The minimum atomic E-state index is -0.633. The number of oxazole rings is 1. The molecule has 0 N–H and O–H groups in total. The highest BCUT2D eigenvalue weighted by molar-refractivity contribution is 5.62. The molecule has 0 aliphatic heterocycles. The molecule has 0 bridgehead atoms. The van der Waals surface area contributed by atoms with Gasteiger partial charge in [-0.05, 0) is 62.3 Å². The van der Waals surface area contributed by atoms with Gasteiger partial charge in [0.2, 0.25) is 0 Å². The van der Waals surface area contributed by atoms with Gasteiger partial charge < -0.3 is 4.42 Å². The van der Waals surface area contributed by atoms with Gasteiger partial charge in [0.1, 0.15) is 17.4 Å². The lowest BCUT2D eigenvalue weighted by atomic mass is 9.65. The first-order chi connectivity index (χ1) is 13.5. The summed E-state index contributed by atoms with van der Waals surface area (Å²) in [5.41, 5.74) is 2.37. The highest BCUT2D eigenvalue weighted by Crippen LogP contribution is 2.50. The lowest BCUT2D eigenvalue weighted by molar-refractivity contribution is 0.300. The number of hydrogen-bond donors (Lipinski definition) is 0. The SMILES string of the molecule is CC[C@H]1CC[C@](CC)(c2ocnc2C)c2nnc(-c3c(F)cccc3F)cc21. The number of nitrogens with zero attached hydrogens (tertiary/aromatic N) is 3. The Morgan fingerprint density at radius 3 is 2.54 bits per heavy atom. The van der Waals surface area contributed by atoms with Gasteiger partial charge in [0, 0.05) is 0 Å². The largest absolute Gasteiger partial charge is 0.447 e. The van der Waals surface area contributed by atoms with Crippen molar-refractivity contribution in [2.75, 3.05) is 0 Å². The van der Waals surface area contributed by atoms with Gasteiger partial charge in [-0.25, -0.2) is 13.8 Å². The second-order valence-electron chi connectivity index (χ2n) is 7.48. The predicted molar refractivity (Wildman–Crippen MR) is 102 cm³/mol. The van der Waals surface area contributed by atoms with Crippen LogP contribution < -0.4 is 0 Å². The van der Waals surface area contributed by atoms with Crippen LogP contribution in [0.25, 0.3) is 11.3 Å². The highest BCUT2D eigenvalue weighted by Gasteiger charge is 2.45. The van der Waals surface area contributed by atoms with Crippen LogP contribution in [0.2, 0.25) is 0 Å². The van der Waals surface area contributed by atoms with E-state index in [-0.39, 0.29) is 17.2 Å². The molecule has 0 fully saturated rings. The predicted octanol–water partition coefficient (Wildman–Crippen LogP) is 5.70. The van der Waals surface area contributed by atoms with Gasteiger partial charge in [0.05, 0.1) is 28.1 Å². The van der Waals surface area contributed by atoms with Gasteiger partial charge in [0.15, 0.2) is 6.39 Å². The van der Waals surface area contributed by atoms with Crippen molar-refractivity contribution >= 4 is 0 Å². The number of benzene rings is 1. The molecule has 4 rings (SSSR count). The molecule has 0 saturated heterocycles. The summed E-state index contributed by atoms with van der Waals surface area (Å²) in [7, 11) is 0. The minimum absolute atomic E-state index is 0.129. The van der Waals surface area contributed by atoms with Crippen molar-refractivity contribution in [1.29, 1.82) is 0 Å². The Bertz CT molecular complexity index is 997. The lowest BCUT2D eigenvalue weighted by Gasteiger charge is -2.39. The fourth-order valence-corrected chi connectivity index (χ4v) is 4.56. The second kappa shape index (κ2) is 7.08. The zero-order valence-electron chi connectivity index (χ0n) is 16.3. The molecule has 0 spiro atoms. The van der Waals surface area contributed by atoms with Crippen LogP contribution in [-0.2, 0) is 5.41 Å². The molecule has 146 valence electrons. The Kier molecular flexibility index (Phi) is 4.73. The van der Waals surface area contributed by atoms with Crippen molar-refractivity contribution in [3.63, 3.8) is 0 Å². The third-order valence-corrected chi connectivity index (χ3v) is 6.13. The average Bonchev–Trinajstić information content (AvgIpc) is 3.13. The van der Waals surface area contributed by atoms with Crippen LogP contribution in [-0.4, -0.2) is 15.2 Å². The van der Waals surface area contributed by atoms with Crippen LogP contribution in [0.3, 0.4) is 0 Å². The first kappa shape index (κ1) is 18.7. The second-order valence-corrected chi connectivity index (χ2v) is 7.48. The number of hydrogen-bond acceptors (Lipinski definition) is 4. The van der Waals surface area contributed by atoms with Gasteiger partial charge in [-0.3, -0.25) is 0 Å². The van der Waals surface area contributed by atoms with E-state index in [2.05, 4.69) is 29.0 Å². The molecule has 6 heteroatoms. The maximum atomic E-state index is 14.3. The standard InChI is InChI=1S/C22H23F2N3O/c1-4-14-9-10-22(5-2,21-13(3)25-12-28-21)20-15(14)11-18(26-27-20)19-16(23)7-6-8-17(19)24/h6-8,11-12,14H,4-5,9-10H2,1-3H3/t14-,22-/m0/s1. The van der Waals surface area contributed by atoms with E-state index < -0.39 is 17.0 Å². The first-order valence-corrected chi connectivity index (χ1v) is 9.74. The zero-order valence-corrected chi connectivity index (χ0v) is 16.3. The van der Waals surface area contributed by atoms with E-state index >= 15 is 0 Å². The van der Waals surface area contributed by atoms with Crippen molar-refractivity contribution in [3.05, 3.63) is 65.0 Å². The number of fused-ring (bicyclic) bond motifs is 1. The van der Waals surface area contributed by atoms with E-state index in [4.69, 9.17) is 4.42 Å². The van der Waals surface area contributed by atoms with Gasteiger partial charge >= 0.3 is 0 Å². The van der Waals surface area contributed by atoms with Crippen LogP contribution in [0.5, 0.6) is 0 Å². The highest BCUT2D eigenvalue weighted by atomic mass is 19.1. The van der Waals surface area contributed by atoms with Crippen LogP contribution in [0.15, 0.2) is 35.1 Å². The molecule has 1 aliphatic rings. The fourth-order valence-electron chi connectivity index (χ4n) is 4.56. The normalized spacial score (nSPS) is 21.5. The summed E-state index contributed by atoms with van der Waals surface area (Å²) >= 11 is 0. The lowest BCUT2D eigenvalue weighted by Crippen LogP contribution is -2.35. The van der Waals surface area contributed by atoms with E-state index in [0.29, 0.717) is 0 Å². The number of aryl methyl sites for hydroxylation is 1. The molecule has 2 aromatic heterocycles. The summed E-state index contributed by atoms with van der Waals surface area (Å²) in [6.45, 7) is 6.15. The molecule has 1 aliphatic carbocycles. The molecule has 0 unspecified atom stereocenters. The summed E-state index contributed by atoms with van der Waals surface area (Å²) in [4.78, 5) is 4.27. The van der Waals surface area contributed by atoms with E-state index in [1.807, 2.05) is 13.0 Å². The molecule has 4 nitrogen and oxygen atoms in total. The molecule has 3 aromatic rings. The maximum Gasteiger partial charge on any atom is 0.181 e. The van der Waals surface area contributed by atoms with Crippen molar-refractivity contribution in [1.82, 2.24) is 15.2 Å². The van der Waals surface area contributed by atoms with Crippen LogP contribution in [0.1, 0.15) is 68.2 Å². The molecule has 0 radical (unpaired) electrons. The van der Waals surface area contributed by atoms with Crippen molar-refractivity contribution in [2.45, 2.75) is 57.8 Å². The Morgan fingerprint density at radius 1 is 1.18 bits per heavy atom. The van der Waals surface area contributed by atoms with Gasteiger partial charge in [-0.15, -0.1) is 5.10 Å². The molecular formula is C22H23F2N3O. The summed E-state index contributed by atoms with van der Waals surface area (Å²) < 4.78 is 34.4.